The zero-order valence-corrected chi connectivity index (χ0v) is 15.1. The molecule has 0 aliphatic heterocycles. The van der Waals surface area contributed by atoms with E-state index < -0.39 is 18.1 Å². The highest BCUT2D eigenvalue weighted by Gasteiger charge is 2.25. The van der Waals surface area contributed by atoms with Crippen molar-refractivity contribution in [1.82, 2.24) is 10.3 Å². The minimum Gasteiger partial charge on any atom is -0.453 e. The summed E-state index contributed by atoms with van der Waals surface area (Å²) in [5.74, 6) is -1.35. The number of fused-ring (bicyclic) bond motifs is 1. The molecular weight excluding hydrogens is 344 g/mol. The Morgan fingerprint density at radius 3 is 2.37 bits per heavy atom. The Morgan fingerprint density at radius 1 is 0.963 bits per heavy atom. The van der Waals surface area contributed by atoms with Crippen LogP contribution in [0.2, 0.25) is 0 Å². The molecule has 0 aliphatic rings. The number of Topliss-reactive ketones (excluding diaryl/α,β-unsaturated/α-hetero) is 1. The third kappa shape index (κ3) is 4.06. The lowest BCUT2D eigenvalue weighted by molar-refractivity contribution is -0.148. The Bertz CT molecular complexity index is 978. The molecule has 6 heteroatoms. The molecule has 1 amide bonds. The first kappa shape index (κ1) is 18.4. The van der Waals surface area contributed by atoms with E-state index in [1.165, 1.54) is 13.8 Å². The Balaban J connectivity index is 1.62. The maximum atomic E-state index is 12.6. The second-order valence-electron chi connectivity index (χ2n) is 6.25. The van der Waals surface area contributed by atoms with Gasteiger partial charge in [0.2, 0.25) is 5.78 Å². The lowest BCUT2D eigenvalue weighted by Gasteiger charge is -2.17. The first-order valence-corrected chi connectivity index (χ1v) is 8.64. The molecular formula is C21H20N2O4. The summed E-state index contributed by atoms with van der Waals surface area (Å²) in [6, 6.07) is 15.1. The summed E-state index contributed by atoms with van der Waals surface area (Å²) in [6.07, 6.45) is 0.644. The number of ketones is 1. The quantitative estimate of drug-likeness (QED) is 0.520. The van der Waals surface area contributed by atoms with Gasteiger partial charge in [-0.1, -0.05) is 36.4 Å². The molecule has 27 heavy (non-hydrogen) atoms. The Hall–Kier alpha value is -3.41. The first-order valence-electron chi connectivity index (χ1n) is 8.64. The van der Waals surface area contributed by atoms with E-state index in [1.807, 2.05) is 24.3 Å². The summed E-state index contributed by atoms with van der Waals surface area (Å²) in [6.45, 7) is 3.04. The van der Waals surface area contributed by atoms with Gasteiger partial charge < -0.3 is 15.0 Å². The van der Waals surface area contributed by atoms with Gasteiger partial charge in [-0.15, -0.1) is 0 Å². The fourth-order valence-electron chi connectivity index (χ4n) is 2.75. The molecule has 0 saturated carbocycles. The van der Waals surface area contributed by atoms with Gasteiger partial charge >= 0.3 is 5.97 Å². The van der Waals surface area contributed by atoms with Crippen LogP contribution in [-0.4, -0.2) is 34.8 Å². The van der Waals surface area contributed by atoms with E-state index in [0.29, 0.717) is 11.1 Å². The van der Waals surface area contributed by atoms with Crippen LogP contribution in [0.4, 0.5) is 0 Å². The predicted molar refractivity (Wildman–Crippen MR) is 102 cm³/mol. The molecule has 6 nitrogen and oxygen atoms in total. The van der Waals surface area contributed by atoms with Gasteiger partial charge in [-0.05, 0) is 32.0 Å². The number of carbonyl (C=O) groups is 3. The number of nitrogens with one attached hydrogen (secondary N) is 2. The van der Waals surface area contributed by atoms with E-state index >= 15 is 0 Å². The second kappa shape index (κ2) is 7.86. The average molecular weight is 364 g/mol. The number of esters is 1. The van der Waals surface area contributed by atoms with Crippen LogP contribution in [0.25, 0.3) is 10.9 Å². The van der Waals surface area contributed by atoms with Gasteiger partial charge in [-0.25, -0.2) is 4.79 Å². The van der Waals surface area contributed by atoms with Crippen LogP contribution in [0, 0.1) is 0 Å². The van der Waals surface area contributed by atoms with Crippen molar-refractivity contribution in [3.05, 3.63) is 71.9 Å². The largest absolute Gasteiger partial charge is 0.453 e. The first-order chi connectivity index (χ1) is 13.0. The maximum absolute atomic E-state index is 12.6. The van der Waals surface area contributed by atoms with Crippen LogP contribution in [0.3, 0.4) is 0 Å². The molecule has 0 radical (unpaired) electrons. The third-order valence-corrected chi connectivity index (χ3v) is 4.25. The van der Waals surface area contributed by atoms with Gasteiger partial charge in [0.15, 0.2) is 6.10 Å². The molecule has 1 heterocycles. The molecule has 0 saturated heterocycles. The summed E-state index contributed by atoms with van der Waals surface area (Å²) in [5, 5.41) is 3.35. The van der Waals surface area contributed by atoms with Crippen molar-refractivity contribution in [2.75, 3.05) is 0 Å². The second-order valence-corrected chi connectivity index (χ2v) is 6.25. The van der Waals surface area contributed by atoms with Crippen molar-refractivity contribution >= 4 is 28.6 Å². The molecule has 3 rings (SSSR count). The van der Waals surface area contributed by atoms with Crippen molar-refractivity contribution in [1.29, 1.82) is 0 Å². The number of rotatable bonds is 6. The van der Waals surface area contributed by atoms with Crippen LogP contribution in [0.1, 0.15) is 34.6 Å². The predicted octanol–water partition coefficient (Wildman–Crippen LogP) is 3.10. The number of para-hydroxylation sites is 1. The van der Waals surface area contributed by atoms with Gasteiger partial charge in [0.1, 0.15) is 6.04 Å². The lowest BCUT2D eigenvalue weighted by atomic mass is 10.1. The van der Waals surface area contributed by atoms with Gasteiger partial charge in [-0.2, -0.15) is 0 Å². The lowest BCUT2D eigenvalue weighted by Crippen LogP contribution is -2.41. The number of carbonyl (C=O) groups excluding carboxylic acids is 3. The van der Waals surface area contributed by atoms with E-state index in [4.69, 9.17) is 4.74 Å². The number of H-pyrrole nitrogens is 1. The number of aromatic nitrogens is 1. The smallest absolute Gasteiger partial charge is 0.329 e. The number of ether oxygens (including phenoxy) is 1. The van der Waals surface area contributed by atoms with E-state index in [0.717, 1.165) is 10.9 Å². The molecule has 2 N–H and O–H groups in total. The highest BCUT2D eigenvalue weighted by Crippen LogP contribution is 2.20. The van der Waals surface area contributed by atoms with Crippen molar-refractivity contribution < 1.29 is 19.1 Å². The molecule has 0 aliphatic carbocycles. The Morgan fingerprint density at radius 2 is 1.63 bits per heavy atom. The topological polar surface area (TPSA) is 88.3 Å². The number of hydrogen-bond acceptors (Lipinski definition) is 4. The molecule has 138 valence electrons. The van der Waals surface area contributed by atoms with Gasteiger partial charge in [0.05, 0.1) is 0 Å². The molecule has 0 bridgehead atoms. The molecule has 0 unspecified atom stereocenters. The van der Waals surface area contributed by atoms with E-state index in [2.05, 4.69) is 10.3 Å². The van der Waals surface area contributed by atoms with Crippen LogP contribution in [0.5, 0.6) is 0 Å². The highest BCUT2D eigenvalue weighted by molar-refractivity contribution is 6.10. The molecule has 2 aromatic carbocycles. The third-order valence-electron chi connectivity index (χ3n) is 4.25. The van der Waals surface area contributed by atoms with Crippen LogP contribution < -0.4 is 5.32 Å². The zero-order valence-electron chi connectivity index (χ0n) is 15.1. The number of benzene rings is 2. The van der Waals surface area contributed by atoms with E-state index in [-0.39, 0.29) is 11.7 Å². The van der Waals surface area contributed by atoms with Crippen molar-refractivity contribution in [2.45, 2.75) is 26.0 Å². The van der Waals surface area contributed by atoms with E-state index in [1.54, 1.807) is 36.5 Å². The fraction of sp³-hybridized carbons (Fsp3) is 0.190. The van der Waals surface area contributed by atoms with Crippen LogP contribution in [0.15, 0.2) is 60.8 Å². The van der Waals surface area contributed by atoms with Gasteiger partial charge in [0, 0.05) is 28.2 Å². The van der Waals surface area contributed by atoms with Gasteiger partial charge in [-0.3, -0.25) is 9.59 Å². The van der Waals surface area contributed by atoms with Crippen molar-refractivity contribution in [2.24, 2.45) is 0 Å². The zero-order chi connectivity index (χ0) is 19.4. The Kier molecular flexibility index (Phi) is 5.35. The summed E-state index contributed by atoms with van der Waals surface area (Å²) < 4.78 is 5.27. The standard InChI is InChI=1S/C21H20N2O4/c1-13(23-20(25)15-8-4-3-5-9-15)21(26)27-14(2)19(24)17-12-22-18-11-7-6-10-16(17)18/h3-14,22H,1-2H3,(H,23,25)/t13-,14+/m0/s1. The molecule has 2 atom stereocenters. The highest BCUT2D eigenvalue weighted by atomic mass is 16.5. The van der Waals surface area contributed by atoms with Crippen molar-refractivity contribution in [3.63, 3.8) is 0 Å². The van der Waals surface area contributed by atoms with Crippen LogP contribution >= 0.6 is 0 Å². The molecule has 3 aromatic rings. The fourth-order valence-corrected chi connectivity index (χ4v) is 2.75. The SMILES string of the molecule is C[C@H](NC(=O)c1ccccc1)C(=O)O[C@H](C)C(=O)c1c[nH]c2ccccc12. The average Bonchev–Trinajstić information content (AvgIpc) is 3.12. The molecule has 0 fully saturated rings. The van der Waals surface area contributed by atoms with Crippen LogP contribution in [-0.2, 0) is 9.53 Å². The number of aromatic amines is 1. The summed E-state index contributed by atoms with van der Waals surface area (Å²) >= 11 is 0. The van der Waals surface area contributed by atoms with E-state index in [9.17, 15) is 14.4 Å². The van der Waals surface area contributed by atoms with Crippen molar-refractivity contribution in [3.8, 4) is 0 Å². The van der Waals surface area contributed by atoms with Gasteiger partial charge in [0.25, 0.3) is 5.91 Å². The summed E-state index contributed by atoms with van der Waals surface area (Å²) in [7, 11) is 0. The minimum absolute atomic E-state index is 0.303. The molecule has 0 spiro atoms. The molecule has 1 aromatic heterocycles. The maximum Gasteiger partial charge on any atom is 0.329 e. The normalized spacial score (nSPS) is 13.0. The number of hydrogen-bond donors (Lipinski definition) is 2. The summed E-state index contributed by atoms with van der Waals surface area (Å²) in [4.78, 5) is 40.0. The number of amides is 1. The summed E-state index contributed by atoms with van der Waals surface area (Å²) in [5.41, 5.74) is 1.75. The minimum atomic E-state index is -0.965. The Labute approximate surface area is 156 Å². The monoisotopic (exact) mass is 364 g/mol.